The Bertz CT molecular complexity index is 627. The number of nitrogens with zero attached hydrogens (tertiary/aromatic N) is 1. The lowest BCUT2D eigenvalue weighted by Gasteiger charge is -2.35. The first-order valence-electron chi connectivity index (χ1n) is 6.98. The smallest absolute Gasteiger partial charge is 0.264 e. The van der Waals surface area contributed by atoms with Crippen molar-refractivity contribution < 1.29 is 13.2 Å². The number of nitrogens with one attached hydrogen (secondary N) is 1. The fourth-order valence-corrected chi connectivity index (χ4v) is 4.67. The van der Waals surface area contributed by atoms with Crippen LogP contribution in [0.15, 0.2) is 6.07 Å². The Morgan fingerprint density at radius 3 is 2.48 bits per heavy atom. The molecule has 1 saturated heterocycles. The number of carbonyl (C=O) groups excluding carboxylic acids is 1. The van der Waals surface area contributed by atoms with Crippen molar-refractivity contribution in [3.8, 4) is 0 Å². The Morgan fingerprint density at radius 2 is 1.95 bits per heavy atom. The molecule has 0 radical (unpaired) electrons. The zero-order valence-electron chi connectivity index (χ0n) is 12.8. The van der Waals surface area contributed by atoms with Gasteiger partial charge in [0, 0.05) is 36.3 Å². The second-order valence-electron chi connectivity index (χ2n) is 5.94. The highest BCUT2D eigenvalue weighted by Crippen LogP contribution is 2.25. The molecule has 2 atom stereocenters. The summed E-state index contributed by atoms with van der Waals surface area (Å²) in [5.74, 6) is -0.000177. The molecule has 0 bridgehead atoms. The maximum absolute atomic E-state index is 12.6. The van der Waals surface area contributed by atoms with Crippen molar-refractivity contribution in [1.29, 1.82) is 0 Å². The Balaban J connectivity index is 2.18. The highest BCUT2D eigenvalue weighted by molar-refractivity contribution is 7.89. The quantitative estimate of drug-likeness (QED) is 0.910. The molecule has 0 saturated carbocycles. The van der Waals surface area contributed by atoms with Crippen molar-refractivity contribution in [2.45, 2.75) is 38.6 Å². The summed E-state index contributed by atoms with van der Waals surface area (Å²) in [5, 5.41) is 3.39. The molecule has 0 aromatic carbocycles. The number of sulfone groups is 1. The highest BCUT2D eigenvalue weighted by Gasteiger charge is 2.27. The minimum absolute atomic E-state index is 0.00283. The van der Waals surface area contributed by atoms with Gasteiger partial charge in [-0.3, -0.25) is 4.79 Å². The summed E-state index contributed by atoms with van der Waals surface area (Å²) in [4.78, 5) is 16.0. The molecule has 118 valence electrons. The summed E-state index contributed by atoms with van der Waals surface area (Å²) in [6.07, 6.45) is 1.21. The van der Waals surface area contributed by atoms with E-state index in [1.165, 1.54) is 17.6 Å². The summed E-state index contributed by atoms with van der Waals surface area (Å²) in [6, 6.07) is 2.28. The zero-order chi connectivity index (χ0) is 15.8. The minimum atomic E-state index is -3.08. The number of amides is 1. The van der Waals surface area contributed by atoms with Gasteiger partial charge in [0.2, 0.25) is 0 Å². The number of hydrogen-bond acceptors (Lipinski definition) is 5. The molecule has 1 amide bonds. The van der Waals surface area contributed by atoms with Crippen LogP contribution in [0.3, 0.4) is 0 Å². The second kappa shape index (κ2) is 6.06. The first-order valence-corrected chi connectivity index (χ1v) is 9.86. The van der Waals surface area contributed by atoms with Gasteiger partial charge >= 0.3 is 0 Å². The van der Waals surface area contributed by atoms with Gasteiger partial charge < -0.3 is 10.2 Å². The number of thiophene rings is 1. The summed E-state index contributed by atoms with van der Waals surface area (Å²) in [7, 11) is -3.08. The number of carbonyl (C=O) groups is 1. The average Bonchev–Trinajstić information content (AvgIpc) is 2.66. The molecule has 1 aliphatic rings. The van der Waals surface area contributed by atoms with E-state index in [2.05, 4.69) is 19.2 Å². The van der Waals surface area contributed by atoms with E-state index in [1.807, 2.05) is 11.8 Å². The first kappa shape index (κ1) is 16.5. The van der Waals surface area contributed by atoms with Crippen LogP contribution < -0.4 is 5.32 Å². The standard InChI is InChI=1S/C14H22N2O3S2/c1-9-6-16(7-10(2)15-9)14(17)13-5-12(11(3)20-13)8-21(4,18)19/h5,9-10,15H,6-8H2,1-4H3/t9-,10+. The van der Waals surface area contributed by atoms with Gasteiger partial charge in [0.05, 0.1) is 10.6 Å². The zero-order valence-corrected chi connectivity index (χ0v) is 14.5. The van der Waals surface area contributed by atoms with Gasteiger partial charge in [0.25, 0.3) is 5.91 Å². The van der Waals surface area contributed by atoms with Gasteiger partial charge in [0.15, 0.2) is 9.84 Å². The third kappa shape index (κ3) is 4.28. The van der Waals surface area contributed by atoms with Crippen molar-refractivity contribution in [2.24, 2.45) is 0 Å². The molecule has 0 aliphatic carbocycles. The molecule has 0 spiro atoms. The van der Waals surface area contributed by atoms with Crippen LogP contribution in [0.25, 0.3) is 0 Å². The summed E-state index contributed by atoms with van der Waals surface area (Å²) < 4.78 is 22.8. The van der Waals surface area contributed by atoms with Gasteiger partial charge in [-0.25, -0.2) is 8.42 Å². The molecule has 5 nitrogen and oxygen atoms in total. The molecule has 1 aromatic heterocycles. The lowest BCUT2D eigenvalue weighted by Crippen LogP contribution is -2.55. The van der Waals surface area contributed by atoms with E-state index in [1.54, 1.807) is 6.07 Å². The molecule has 7 heteroatoms. The maximum atomic E-state index is 12.6. The molecule has 2 heterocycles. The van der Waals surface area contributed by atoms with Gasteiger partial charge in [-0.2, -0.15) is 0 Å². The fraction of sp³-hybridized carbons (Fsp3) is 0.643. The van der Waals surface area contributed by atoms with E-state index < -0.39 is 9.84 Å². The molecular formula is C14H22N2O3S2. The van der Waals surface area contributed by atoms with Crippen LogP contribution in [0.4, 0.5) is 0 Å². The molecule has 1 fully saturated rings. The predicted octanol–water partition coefficient (Wildman–Crippen LogP) is 1.42. The molecule has 2 rings (SSSR count). The van der Waals surface area contributed by atoms with E-state index >= 15 is 0 Å². The Hall–Kier alpha value is -0.920. The van der Waals surface area contributed by atoms with Crippen LogP contribution in [0, 0.1) is 6.92 Å². The maximum Gasteiger partial charge on any atom is 0.264 e. The number of hydrogen-bond donors (Lipinski definition) is 1. The summed E-state index contributed by atoms with van der Waals surface area (Å²) in [5.41, 5.74) is 0.738. The van der Waals surface area contributed by atoms with E-state index in [-0.39, 0.29) is 23.7 Å². The van der Waals surface area contributed by atoms with Gasteiger partial charge in [-0.15, -0.1) is 11.3 Å². The normalized spacial score (nSPS) is 23.3. The van der Waals surface area contributed by atoms with Crippen LogP contribution in [0.2, 0.25) is 0 Å². The van der Waals surface area contributed by atoms with Crippen molar-refractivity contribution >= 4 is 27.1 Å². The molecule has 1 aromatic rings. The Kier molecular flexibility index (Phi) is 4.75. The van der Waals surface area contributed by atoms with E-state index in [0.29, 0.717) is 18.0 Å². The van der Waals surface area contributed by atoms with Crippen LogP contribution in [-0.4, -0.2) is 50.7 Å². The molecule has 1 aliphatic heterocycles. The molecule has 0 unspecified atom stereocenters. The SMILES string of the molecule is Cc1sc(C(=O)N2C[C@@H](C)N[C@@H](C)C2)cc1CS(C)(=O)=O. The predicted molar refractivity (Wildman–Crippen MR) is 85.6 cm³/mol. The van der Waals surface area contributed by atoms with E-state index in [0.717, 1.165) is 10.4 Å². The Labute approximate surface area is 130 Å². The number of aryl methyl sites for hydroxylation is 1. The molecule has 21 heavy (non-hydrogen) atoms. The second-order valence-corrected chi connectivity index (χ2v) is 9.34. The summed E-state index contributed by atoms with van der Waals surface area (Å²) in [6.45, 7) is 7.35. The van der Waals surface area contributed by atoms with E-state index in [9.17, 15) is 13.2 Å². The first-order chi connectivity index (χ1) is 9.65. The lowest BCUT2D eigenvalue weighted by molar-refractivity contribution is 0.0678. The van der Waals surface area contributed by atoms with Crippen LogP contribution >= 0.6 is 11.3 Å². The highest BCUT2D eigenvalue weighted by atomic mass is 32.2. The number of piperazine rings is 1. The van der Waals surface area contributed by atoms with Crippen LogP contribution in [0.1, 0.15) is 34.0 Å². The third-order valence-corrected chi connectivity index (χ3v) is 5.41. The monoisotopic (exact) mass is 330 g/mol. The average molecular weight is 330 g/mol. The van der Waals surface area contributed by atoms with Crippen molar-refractivity contribution in [2.75, 3.05) is 19.3 Å². The topological polar surface area (TPSA) is 66.5 Å². The van der Waals surface area contributed by atoms with Crippen LogP contribution in [-0.2, 0) is 15.6 Å². The summed E-state index contributed by atoms with van der Waals surface area (Å²) >= 11 is 1.38. The van der Waals surface area contributed by atoms with Gasteiger partial charge in [0.1, 0.15) is 0 Å². The van der Waals surface area contributed by atoms with Crippen LogP contribution in [0.5, 0.6) is 0 Å². The van der Waals surface area contributed by atoms with Gasteiger partial charge in [-0.05, 0) is 32.4 Å². The van der Waals surface area contributed by atoms with Gasteiger partial charge in [-0.1, -0.05) is 0 Å². The van der Waals surface area contributed by atoms with Crippen molar-refractivity contribution in [3.05, 3.63) is 21.4 Å². The molecular weight excluding hydrogens is 308 g/mol. The largest absolute Gasteiger partial charge is 0.335 e. The van der Waals surface area contributed by atoms with Crippen molar-refractivity contribution in [1.82, 2.24) is 10.2 Å². The number of rotatable bonds is 3. The fourth-order valence-electron chi connectivity index (χ4n) is 2.70. The lowest BCUT2D eigenvalue weighted by atomic mass is 10.1. The molecule has 1 N–H and O–H groups in total. The van der Waals surface area contributed by atoms with E-state index in [4.69, 9.17) is 0 Å². The minimum Gasteiger partial charge on any atom is -0.335 e. The third-order valence-electron chi connectivity index (χ3n) is 3.49. The Morgan fingerprint density at radius 1 is 1.38 bits per heavy atom. The van der Waals surface area contributed by atoms with Crippen molar-refractivity contribution in [3.63, 3.8) is 0 Å².